The number of aromatic hydroxyl groups is 2. The Kier molecular flexibility index (Phi) is 11.0. The number of carbonyl (C=O) groups excluding carboxylic acids is 2. The fraction of sp³-hybridized carbons (Fsp3) is 0.435. The number of benzene rings is 4. The number of hydrogen-bond donors (Lipinski definition) is 4. The summed E-state index contributed by atoms with van der Waals surface area (Å²) >= 11 is 0. The Hall–Kier alpha value is -4.26. The Bertz CT molecular complexity index is 1750. The van der Waals surface area contributed by atoms with Gasteiger partial charge >= 0.3 is 0 Å². The van der Waals surface area contributed by atoms with E-state index in [-0.39, 0.29) is 28.7 Å². The number of hydrogen-bond acceptors (Lipinski definition) is 6. The largest absolute Gasteiger partial charge is 0.508 e. The normalized spacial score (nSPS) is 26.0. The van der Waals surface area contributed by atoms with Gasteiger partial charge in [0.2, 0.25) is 0 Å². The van der Waals surface area contributed by atoms with Crippen molar-refractivity contribution in [3.63, 3.8) is 0 Å². The summed E-state index contributed by atoms with van der Waals surface area (Å²) in [4.78, 5) is 22.8. The third-order valence-corrected chi connectivity index (χ3v) is 12.9. The van der Waals surface area contributed by atoms with Gasteiger partial charge < -0.3 is 20.4 Å². The quantitative estimate of drug-likeness (QED) is 0.123. The monoisotopic (exact) mass is 700 g/mol. The van der Waals surface area contributed by atoms with E-state index in [9.17, 15) is 30.0 Å². The Labute approximate surface area is 307 Å². The van der Waals surface area contributed by atoms with Crippen molar-refractivity contribution in [1.82, 2.24) is 0 Å². The molecular weight excluding hydrogens is 649 g/mol. The number of phenolic OH excluding ortho intramolecular Hbond substituents is 2. The summed E-state index contributed by atoms with van der Waals surface area (Å²) in [5.74, 6) is 0.930. The van der Waals surface area contributed by atoms with E-state index in [1.165, 1.54) is 41.5 Å². The molecule has 6 atom stereocenters. The highest BCUT2D eigenvalue weighted by atomic mass is 16.3. The third-order valence-electron chi connectivity index (χ3n) is 12.9. The van der Waals surface area contributed by atoms with Crippen LogP contribution in [0.25, 0.3) is 0 Å². The number of aliphatic hydroxyl groups excluding tert-OH is 2. The van der Waals surface area contributed by atoms with Crippen molar-refractivity contribution in [1.29, 1.82) is 0 Å². The molecule has 0 radical (unpaired) electrons. The third kappa shape index (κ3) is 7.60. The van der Waals surface area contributed by atoms with Gasteiger partial charge in [0.15, 0.2) is 0 Å². The van der Waals surface area contributed by atoms with E-state index in [0.29, 0.717) is 59.8 Å². The lowest BCUT2D eigenvalue weighted by Gasteiger charge is -2.40. The topological polar surface area (TPSA) is 115 Å². The van der Waals surface area contributed by atoms with Gasteiger partial charge in [0, 0.05) is 16.5 Å². The predicted molar refractivity (Wildman–Crippen MR) is 203 cm³/mol. The number of rotatable bonds is 10. The van der Waals surface area contributed by atoms with Gasteiger partial charge in [-0.25, -0.2) is 0 Å². The Morgan fingerprint density at radius 3 is 1.48 bits per heavy atom. The van der Waals surface area contributed by atoms with Crippen LogP contribution in [-0.4, -0.2) is 45.2 Å². The predicted octanol–water partition coefficient (Wildman–Crippen LogP) is 8.95. The van der Waals surface area contributed by atoms with Crippen LogP contribution in [0.3, 0.4) is 0 Å². The molecule has 4 aromatic carbocycles. The van der Waals surface area contributed by atoms with Crippen LogP contribution in [0.4, 0.5) is 0 Å². The smallest absolute Gasteiger partial charge is 0.150 e. The van der Waals surface area contributed by atoms with Crippen LogP contribution in [-0.2, 0) is 18.3 Å². The molecule has 3 fully saturated rings. The highest BCUT2D eigenvalue weighted by Crippen LogP contribution is 2.48. The average Bonchev–Trinajstić information content (AvgIpc) is 3.18. The zero-order valence-electron chi connectivity index (χ0n) is 30.0. The molecule has 3 aliphatic rings. The van der Waals surface area contributed by atoms with Crippen LogP contribution in [0.15, 0.2) is 84.9 Å². The maximum Gasteiger partial charge on any atom is 0.150 e. The van der Waals surface area contributed by atoms with E-state index < -0.39 is 12.2 Å². The minimum absolute atomic E-state index is 0.00806. The molecule has 0 aliphatic heterocycles. The minimum Gasteiger partial charge on any atom is -0.508 e. The highest BCUT2D eigenvalue weighted by Gasteiger charge is 2.38. The van der Waals surface area contributed by atoms with E-state index in [4.69, 9.17) is 0 Å². The zero-order valence-corrected chi connectivity index (χ0v) is 30.0. The molecule has 272 valence electrons. The van der Waals surface area contributed by atoms with E-state index >= 15 is 0 Å². The molecule has 52 heavy (non-hydrogen) atoms. The fourth-order valence-corrected chi connectivity index (χ4v) is 9.87. The maximum atomic E-state index is 11.4. The van der Waals surface area contributed by atoms with E-state index in [1.807, 2.05) is 0 Å². The minimum atomic E-state index is -0.446. The van der Waals surface area contributed by atoms with Crippen molar-refractivity contribution in [2.24, 2.45) is 11.8 Å². The molecule has 0 aromatic heterocycles. The molecule has 6 nitrogen and oxygen atoms in total. The van der Waals surface area contributed by atoms with Crippen LogP contribution in [0.2, 0.25) is 0 Å². The van der Waals surface area contributed by atoms with Crippen molar-refractivity contribution in [3.05, 3.63) is 129 Å². The molecule has 3 aliphatic carbocycles. The highest BCUT2D eigenvalue weighted by molar-refractivity contribution is 5.76. The summed E-state index contributed by atoms with van der Waals surface area (Å²) in [6.45, 7) is 0. The van der Waals surface area contributed by atoms with E-state index in [2.05, 4.69) is 48.5 Å². The molecule has 7 rings (SSSR count). The first-order valence-electron chi connectivity index (χ1n) is 19.4. The first-order valence-corrected chi connectivity index (χ1v) is 19.4. The summed E-state index contributed by atoms with van der Waals surface area (Å²) in [6.07, 6.45) is 12.4. The van der Waals surface area contributed by atoms with Gasteiger partial charge in [-0.2, -0.15) is 0 Å². The number of aldehydes is 2. The van der Waals surface area contributed by atoms with Crippen LogP contribution in [0.1, 0.15) is 137 Å². The van der Waals surface area contributed by atoms with Gasteiger partial charge in [0.05, 0.1) is 12.2 Å². The van der Waals surface area contributed by atoms with Crippen molar-refractivity contribution < 1.29 is 30.0 Å². The summed E-state index contributed by atoms with van der Waals surface area (Å²) in [5.41, 5.74) is 7.76. The molecule has 3 saturated carbocycles. The second kappa shape index (κ2) is 15.8. The Morgan fingerprint density at radius 1 is 0.577 bits per heavy atom. The molecule has 4 N–H and O–H groups in total. The SMILES string of the molecule is O=Cc1ccc(O)c(CC2CC(c3cccc(C4(c5cccc(C6CCC(O)C(Cc7cc(C=O)ccc7O)C6)c5)CCCCC4)c3)CCC2O)c1. The maximum absolute atomic E-state index is 11.4. The molecule has 6 unspecified atom stereocenters. The van der Waals surface area contributed by atoms with Crippen molar-refractivity contribution in [2.75, 3.05) is 0 Å². The van der Waals surface area contributed by atoms with Crippen LogP contribution >= 0.6 is 0 Å². The summed E-state index contributed by atoms with van der Waals surface area (Å²) in [6, 6.07) is 28.3. The number of aliphatic hydroxyl groups is 2. The molecule has 0 heterocycles. The van der Waals surface area contributed by atoms with Crippen molar-refractivity contribution in [2.45, 2.75) is 113 Å². The second-order valence-corrected chi connectivity index (χ2v) is 16.0. The van der Waals surface area contributed by atoms with E-state index in [0.717, 1.165) is 51.1 Å². The molecule has 4 aromatic rings. The van der Waals surface area contributed by atoms with Crippen LogP contribution < -0.4 is 0 Å². The number of carbonyl (C=O) groups is 2. The summed E-state index contributed by atoms with van der Waals surface area (Å²) in [5, 5.41) is 43.2. The van der Waals surface area contributed by atoms with Crippen LogP contribution in [0.5, 0.6) is 11.5 Å². The van der Waals surface area contributed by atoms with Crippen molar-refractivity contribution >= 4 is 12.6 Å². The lowest BCUT2D eigenvalue weighted by molar-refractivity contribution is 0.0615. The Morgan fingerprint density at radius 2 is 1.04 bits per heavy atom. The van der Waals surface area contributed by atoms with Gasteiger partial charge in [0.25, 0.3) is 0 Å². The van der Waals surface area contributed by atoms with Gasteiger partial charge in [-0.15, -0.1) is 0 Å². The molecular formula is C46H52O6. The van der Waals surface area contributed by atoms with Gasteiger partial charge in [0.1, 0.15) is 24.1 Å². The first-order chi connectivity index (χ1) is 25.3. The summed E-state index contributed by atoms with van der Waals surface area (Å²) < 4.78 is 0. The van der Waals surface area contributed by atoms with Crippen LogP contribution in [0, 0.1) is 11.8 Å². The lowest BCUT2D eigenvalue weighted by Crippen LogP contribution is -2.32. The zero-order chi connectivity index (χ0) is 36.2. The number of phenols is 2. The lowest BCUT2D eigenvalue weighted by atomic mass is 9.64. The fourth-order valence-electron chi connectivity index (χ4n) is 9.87. The average molecular weight is 701 g/mol. The van der Waals surface area contributed by atoms with Crippen molar-refractivity contribution in [3.8, 4) is 11.5 Å². The molecule has 0 amide bonds. The van der Waals surface area contributed by atoms with E-state index in [1.54, 1.807) is 36.4 Å². The molecule has 6 heteroatoms. The molecule has 0 saturated heterocycles. The van der Waals surface area contributed by atoms with Gasteiger partial charge in [-0.05, 0) is 158 Å². The first kappa shape index (κ1) is 36.1. The molecule has 0 bridgehead atoms. The van der Waals surface area contributed by atoms with Gasteiger partial charge in [-0.1, -0.05) is 67.8 Å². The summed E-state index contributed by atoms with van der Waals surface area (Å²) in [7, 11) is 0. The Balaban J connectivity index is 1.13. The second-order valence-electron chi connectivity index (χ2n) is 16.0. The van der Waals surface area contributed by atoms with Gasteiger partial charge in [-0.3, -0.25) is 9.59 Å². The molecule has 0 spiro atoms. The standard InChI is InChI=1S/C46H52O6/c47-28-30-10-14-42(49)36(20-30)24-38-22-34(12-16-44(38)51)32-6-4-8-40(26-32)46(18-2-1-3-19-46)41-9-5-7-33(27-41)35-13-17-45(52)39(23-35)25-37-21-31(29-48)11-15-43(37)50/h4-11,14-15,20-21,26-29,34-35,38-39,44-45,49-52H,1-3,12-13,16-19,22-25H2.